The average molecular weight is 425 g/mol. The van der Waals surface area contributed by atoms with Crippen LogP contribution in [0.15, 0.2) is 27.5 Å². The summed E-state index contributed by atoms with van der Waals surface area (Å²) in [5.41, 5.74) is -5.74. The summed E-state index contributed by atoms with van der Waals surface area (Å²) in [6.07, 6.45) is -9.92. The Hall–Kier alpha value is -2.28. The Morgan fingerprint density at radius 3 is 2.04 bits per heavy atom. The van der Waals surface area contributed by atoms with Crippen LogP contribution in [0.2, 0.25) is 0 Å². The van der Waals surface area contributed by atoms with Gasteiger partial charge in [-0.1, -0.05) is 15.9 Å². The fraction of sp³-hybridized carbons (Fsp3) is 0.200. The third kappa shape index (κ3) is 3.71. The van der Waals surface area contributed by atoms with Gasteiger partial charge in [-0.05, 0) is 30.7 Å². The summed E-state index contributed by atoms with van der Waals surface area (Å²) in [4.78, 5) is 14.0. The minimum absolute atomic E-state index is 0.101. The quantitative estimate of drug-likeness (QED) is 0.653. The number of nitrogens with one attached hydrogen (secondary N) is 1. The van der Waals surface area contributed by atoms with E-state index >= 15 is 0 Å². The van der Waals surface area contributed by atoms with E-state index in [4.69, 9.17) is 5.26 Å². The first-order valence-corrected chi connectivity index (χ1v) is 7.28. The number of H-pyrrole nitrogens is 1. The highest BCUT2D eigenvalue weighted by Gasteiger charge is 2.39. The SMILES string of the molecule is Cc1cc(-c2cc(C(F)(F)F)c(Br)cc2C(F)(F)F)c(C#N)c(=O)[nH]1. The molecule has 1 aromatic carbocycles. The second-order valence-electron chi connectivity index (χ2n) is 5.06. The Balaban J connectivity index is 2.99. The first-order chi connectivity index (χ1) is 11.4. The zero-order valence-corrected chi connectivity index (χ0v) is 13.8. The Kier molecular flexibility index (Phi) is 4.74. The van der Waals surface area contributed by atoms with E-state index in [0.29, 0.717) is 0 Å². The number of hydrogen-bond donors (Lipinski definition) is 1. The van der Waals surface area contributed by atoms with Crippen molar-refractivity contribution in [2.45, 2.75) is 19.3 Å². The van der Waals surface area contributed by atoms with Crippen LogP contribution in [0.1, 0.15) is 22.4 Å². The van der Waals surface area contributed by atoms with Crippen LogP contribution in [0.3, 0.4) is 0 Å². The van der Waals surface area contributed by atoms with Crippen LogP contribution in [0.25, 0.3) is 11.1 Å². The number of nitrogens with zero attached hydrogens (tertiary/aromatic N) is 1. The Labute approximate surface area is 145 Å². The van der Waals surface area contributed by atoms with Gasteiger partial charge in [-0.3, -0.25) is 4.79 Å². The molecule has 0 aliphatic rings. The van der Waals surface area contributed by atoms with Crippen LogP contribution < -0.4 is 5.56 Å². The van der Waals surface area contributed by atoms with E-state index in [1.54, 1.807) is 0 Å². The summed E-state index contributed by atoms with van der Waals surface area (Å²) < 4.78 is 78.3. The number of halogens is 7. The van der Waals surface area contributed by atoms with E-state index in [9.17, 15) is 31.1 Å². The zero-order chi connectivity index (χ0) is 19.2. The Morgan fingerprint density at radius 1 is 1.00 bits per heavy atom. The van der Waals surface area contributed by atoms with Gasteiger partial charge in [0.15, 0.2) is 0 Å². The smallest absolute Gasteiger partial charge is 0.325 e. The predicted octanol–water partition coefficient (Wildman–Crippen LogP) is 5.02. The van der Waals surface area contributed by atoms with Gasteiger partial charge in [0.05, 0.1) is 11.1 Å². The molecule has 25 heavy (non-hydrogen) atoms. The number of aryl methyl sites for hydroxylation is 1. The molecule has 1 aromatic heterocycles. The lowest BCUT2D eigenvalue weighted by Crippen LogP contribution is -2.16. The van der Waals surface area contributed by atoms with Gasteiger partial charge < -0.3 is 4.98 Å². The number of pyridine rings is 1. The molecule has 0 atom stereocenters. The molecule has 0 fully saturated rings. The van der Waals surface area contributed by atoms with E-state index in [1.807, 2.05) is 0 Å². The number of hydrogen-bond acceptors (Lipinski definition) is 2. The molecule has 0 saturated carbocycles. The van der Waals surface area contributed by atoms with Crippen molar-refractivity contribution in [3.63, 3.8) is 0 Å². The molecule has 0 saturated heterocycles. The number of benzene rings is 1. The third-order valence-corrected chi connectivity index (χ3v) is 3.94. The lowest BCUT2D eigenvalue weighted by molar-refractivity contribution is -0.141. The lowest BCUT2D eigenvalue weighted by Gasteiger charge is -2.18. The molecule has 0 amide bonds. The minimum atomic E-state index is -4.99. The molecule has 0 aliphatic heterocycles. The molecule has 1 N–H and O–H groups in total. The fourth-order valence-electron chi connectivity index (χ4n) is 2.26. The van der Waals surface area contributed by atoms with Crippen LogP contribution in [0.5, 0.6) is 0 Å². The van der Waals surface area contributed by atoms with Crippen LogP contribution >= 0.6 is 15.9 Å². The molecule has 0 radical (unpaired) electrons. The summed E-state index contributed by atoms with van der Waals surface area (Å²) >= 11 is 2.49. The van der Waals surface area contributed by atoms with Gasteiger partial charge in [0.25, 0.3) is 5.56 Å². The minimum Gasteiger partial charge on any atom is -0.325 e. The molecule has 3 nitrogen and oxygen atoms in total. The average Bonchev–Trinajstić information content (AvgIpc) is 2.44. The van der Waals surface area contributed by atoms with Crippen molar-refractivity contribution in [3.05, 3.63) is 55.4 Å². The summed E-state index contributed by atoms with van der Waals surface area (Å²) in [6.45, 7) is 1.34. The normalized spacial score (nSPS) is 12.1. The standard InChI is InChI=1S/C15H7BrF6N2O/c1-6-2-7(9(5-23)13(25)24-6)8-3-11(15(20,21)22)12(16)4-10(8)14(17,18)19/h2-4H,1H3,(H,24,25). The first kappa shape index (κ1) is 19.1. The molecule has 2 rings (SSSR count). The van der Waals surface area contributed by atoms with Gasteiger partial charge >= 0.3 is 12.4 Å². The van der Waals surface area contributed by atoms with E-state index in [-0.39, 0.29) is 17.8 Å². The molecular weight excluding hydrogens is 418 g/mol. The number of alkyl halides is 6. The van der Waals surface area contributed by atoms with E-state index in [1.165, 1.54) is 13.0 Å². The second-order valence-corrected chi connectivity index (χ2v) is 5.91. The number of aromatic amines is 1. The van der Waals surface area contributed by atoms with Gasteiger partial charge in [0.1, 0.15) is 11.6 Å². The summed E-state index contributed by atoms with van der Waals surface area (Å²) in [6, 6.07) is 3.03. The van der Waals surface area contributed by atoms with Crippen LogP contribution in [-0.4, -0.2) is 4.98 Å². The van der Waals surface area contributed by atoms with Crippen molar-refractivity contribution in [3.8, 4) is 17.2 Å². The van der Waals surface area contributed by atoms with E-state index in [2.05, 4.69) is 20.9 Å². The maximum absolute atomic E-state index is 13.3. The van der Waals surface area contributed by atoms with Crippen LogP contribution in [0.4, 0.5) is 26.3 Å². The summed E-state index contributed by atoms with van der Waals surface area (Å²) in [5, 5.41) is 9.05. The maximum atomic E-state index is 13.3. The van der Waals surface area contributed by atoms with Gasteiger partial charge in [-0.25, -0.2) is 0 Å². The first-order valence-electron chi connectivity index (χ1n) is 6.48. The maximum Gasteiger partial charge on any atom is 0.417 e. The molecule has 1 heterocycles. The predicted molar refractivity (Wildman–Crippen MR) is 79.7 cm³/mol. The summed E-state index contributed by atoms with van der Waals surface area (Å²) in [7, 11) is 0. The molecule has 0 unspecified atom stereocenters. The monoisotopic (exact) mass is 424 g/mol. The van der Waals surface area contributed by atoms with Crippen molar-refractivity contribution in [2.24, 2.45) is 0 Å². The Bertz CT molecular complexity index is 937. The molecule has 10 heteroatoms. The molecular formula is C15H7BrF6N2O. The molecule has 0 aliphatic carbocycles. The zero-order valence-electron chi connectivity index (χ0n) is 12.2. The lowest BCUT2D eigenvalue weighted by atomic mass is 9.94. The summed E-state index contributed by atoms with van der Waals surface area (Å²) in [5.74, 6) is 0. The van der Waals surface area contributed by atoms with Crippen molar-refractivity contribution in [2.75, 3.05) is 0 Å². The van der Waals surface area contributed by atoms with Crippen LogP contribution in [0, 0.1) is 18.3 Å². The van der Waals surface area contributed by atoms with Crippen LogP contribution in [-0.2, 0) is 12.4 Å². The van der Waals surface area contributed by atoms with Crippen molar-refractivity contribution < 1.29 is 26.3 Å². The topological polar surface area (TPSA) is 56.6 Å². The van der Waals surface area contributed by atoms with Crippen molar-refractivity contribution in [1.82, 2.24) is 4.98 Å². The van der Waals surface area contributed by atoms with Gasteiger partial charge in [-0.2, -0.15) is 31.6 Å². The number of aromatic nitrogens is 1. The van der Waals surface area contributed by atoms with Gasteiger partial charge in [-0.15, -0.1) is 0 Å². The fourth-order valence-corrected chi connectivity index (χ4v) is 2.83. The number of nitriles is 1. The molecule has 2 aromatic rings. The van der Waals surface area contributed by atoms with E-state index < -0.39 is 50.2 Å². The third-order valence-electron chi connectivity index (χ3n) is 3.29. The second kappa shape index (κ2) is 6.22. The Morgan fingerprint density at radius 2 is 1.56 bits per heavy atom. The van der Waals surface area contributed by atoms with Crippen molar-refractivity contribution in [1.29, 1.82) is 5.26 Å². The van der Waals surface area contributed by atoms with Gasteiger partial charge in [0.2, 0.25) is 0 Å². The molecule has 0 spiro atoms. The van der Waals surface area contributed by atoms with Crippen molar-refractivity contribution >= 4 is 15.9 Å². The largest absolute Gasteiger partial charge is 0.417 e. The van der Waals surface area contributed by atoms with E-state index in [0.717, 1.165) is 6.07 Å². The highest BCUT2D eigenvalue weighted by Crippen LogP contribution is 2.44. The highest BCUT2D eigenvalue weighted by atomic mass is 79.9. The van der Waals surface area contributed by atoms with Gasteiger partial charge in [0, 0.05) is 15.7 Å². The molecule has 0 bridgehead atoms. The highest BCUT2D eigenvalue weighted by molar-refractivity contribution is 9.10. The number of rotatable bonds is 1. The molecule has 132 valence electrons.